The smallest absolute Gasteiger partial charge is 0.439 e. The maximum absolute atomic E-state index is 14.4. The van der Waals surface area contributed by atoms with E-state index in [1.165, 1.54) is 14.0 Å². The van der Waals surface area contributed by atoms with Crippen LogP contribution in [0.5, 0.6) is 0 Å². The van der Waals surface area contributed by atoms with Crippen molar-refractivity contribution in [1.29, 1.82) is 0 Å². The fourth-order valence-electron chi connectivity index (χ4n) is 3.89. The van der Waals surface area contributed by atoms with Gasteiger partial charge in [0, 0.05) is 32.4 Å². The molecule has 2 aliphatic rings. The molecule has 10 heteroatoms. The number of primary amides is 1. The molecule has 0 aromatic heterocycles. The highest BCUT2D eigenvalue weighted by Crippen LogP contribution is 2.38. The summed E-state index contributed by atoms with van der Waals surface area (Å²) in [6, 6.07) is 6.12. The Labute approximate surface area is 174 Å². The molecular formula is C20H27FN4O5. The summed E-state index contributed by atoms with van der Waals surface area (Å²) in [5, 5.41) is 2.86. The van der Waals surface area contributed by atoms with Crippen molar-refractivity contribution in [2.45, 2.75) is 25.5 Å². The quantitative estimate of drug-likeness (QED) is 0.608. The maximum atomic E-state index is 14.4. The third-order valence-electron chi connectivity index (χ3n) is 5.66. The zero-order chi connectivity index (χ0) is 21.8. The summed E-state index contributed by atoms with van der Waals surface area (Å²) in [6.45, 7) is 3.77. The first-order chi connectivity index (χ1) is 14.3. The number of carbonyl (C=O) groups is 3. The minimum Gasteiger partial charge on any atom is -0.441 e. The summed E-state index contributed by atoms with van der Waals surface area (Å²) in [5.41, 5.74) is 6.79. The van der Waals surface area contributed by atoms with Crippen LogP contribution in [0.2, 0.25) is 0 Å². The van der Waals surface area contributed by atoms with Gasteiger partial charge in [0.2, 0.25) is 11.8 Å². The Hall–Kier alpha value is -2.88. The minimum atomic E-state index is -1.12. The molecule has 0 spiro atoms. The Morgan fingerprint density at radius 2 is 2.07 bits per heavy atom. The first-order valence-corrected chi connectivity index (χ1v) is 9.87. The maximum Gasteiger partial charge on any atom is 0.439 e. The van der Waals surface area contributed by atoms with Crippen LogP contribution in [-0.2, 0) is 19.1 Å². The summed E-state index contributed by atoms with van der Waals surface area (Å²) in [5.74, 6) is -1.30. The number of nitrogens with zero attached hydrogens (tertiary/aromatic N) is 2. The van der Waals surface area contributed by atoms with Crippen LogP contribution in [0.3, 0.4) is 0 Å². The molecule has 1 aromatic carbocycles. The van der Waals surface area contributed by atoms with E-state index in [2.05, 4.69) is 10.2 Å². The van der Waals surface area contributed by atoms with E-state index in [9.17, 15) is 18.9 Å². The zero-order valence-electron chi connectivity index (χ0n) is 17.0. The number of methoxy groups -OCH3 is 1. The fourth-order valence-corrected chi connectivity index (χ4v) is 3.89. The highest BCUT2D eigenvalue weighted by molar-refractivity contribution is 5.79. The number of hydrogen-bond acceptors (Lipinski definition) is 6. The highest BCUT2D eigenvalue weighted by atomic mass is 19.2. The number of cyclic esters (lactones) is 1. The lowest BCUT2D eigenvalue weighted by molar-refractivity contribution is -0.125. The number of nitrogens with one attached hydrogen (secondary N) is 1. The fraction of sp³-hybridized carbons (Fsp3) is 0.550. The van der Waals surface area contributed by atoms with Crippen LogP contribution in [0.25, 0.3) is 0 Å². The third-order valence-corrected chi connectivity index (χ3v) is 5.66. The van der Waals surface area contributed by atoms with Gasteiger partial charge < -0.3 is 25.4 Å². The Bertz CT molecular complexity index is 790. The minimum absolute atomic E-state index is 0.00763. The van der Waals surface area contributed by atoms with Crippen molar-refractivity contribution in [3.05, 3.63) is 29.8 Å². The molecular weight excluding hydrogens is 395 g/mol. The zero-order valence-corrected chi connectivity index (χ0v) is 17.0. The molecule has 2 fully saturated rings. The second-order valence-corrected chi connectivity index (χ2v) is 7.72. The van der Waals surface area contributed by atoms with Crippen LogP contribution >= 0.6 is 0 Å². The molecule has 3 rings (SSSR count). The van der Waals surface area contributed by atoms with Gasteiger partial charge in [0.25, 0.3) is 0 Å². The molecule has 0 aliphatic carbocycles. The van der Waals surface area contributed by atoms with Gasteiger partial charge in [-0.05, 0) is 37.0 Å². The Morgan fingerprint density at radius 3 is 2.70 bits per heavy atom. The van der Waals surface area contributed by atoms with Crippen molar-refractivity contribution >= 4 is 23.6 Å². The lowest BCUT2D eigenvalue weighted by Gasteiger charge is -2.23. The van der Waals surface area contributed by atoms with E-state index in [0.29, 0.717) is 18.0 Å². The Kier molecular flexibility index (Phi) is 6.76. The summed E-state index contributed by atoms with van der Waals surface area (Å²) >= 11 is 0. The standard InChI is InChI=1S/C20H27FN4O5/c1-12(19(22)27)18-17(25(21)20(28)30-18)14-3-5-15(6-4-14)24-8-7-13(10-24)9-23-16(26)11-29-2/h3-6,12-13,17-18H,7-11H2,1-2H3,(H2,22,27)(H,23,26). The molecule has 3 amide bonds. The monoisotopic (exact) mass is 422 g/mol. The number of ether oxygens (including phenoxy) is 2. The van der Waals surface area contributed by atoms with E-state index in [-0.39, 0.29) is 17.6 Å². The molecule has 0 bridgehead atoms. The second kappa shape index (κ2) is 9.29. The van der Waals surface area contributed by atoms with Crippen molar-refractivity contribution in [3.8, 4) is 0 Å². The van der Waals surface area contributed by atoms with Gasteiger partial charge in [-0.15, -0.1) is 5.12 Å². The van der Waals surface area contributed by atoms with Crippen LogP contribution < -0.4 is 16.0 Å². The molecule has 164 valence electrons. The van der Waals surface area contributed by atoms with E-state index in [0.717, 1.165) is 25.2 Å². The molecule has 4 unspecified atom stereocenters. The molecule has 2 aliphatic heterocycles. The summed E-state index contributed by atoms with van der Waals surface area (Å²) in [4.78, 5) is 36.9. The van der Waals surface area contributed by atoms with Gasteiger partial charge in [0.05, 0.1) is 5.92 Å². The van der Waals surface area contributed by atoms with Crippen LogP contribution in [0.15, 0.2) is 24.3 Å². The number of rotatable bonds is 8. The van der Waals surface area contributed by atoms with Gasteiger partial charge in [-0.2, -0.15) is 0 Å². The lowest BCUT2D eigenvalue weighted by Crippen LogP contribution is -2.35. The van der Waals surface area contributed by atoms with E-state index < -0.39 is 30.1 Å². The third kappa shape index (κ3) is 4.64. The van der Waals surface area contributed by atoms with Crippen LogP contribution in [0.1, 0.15) is 24.9 Å². The van der Waals surface area contributed by atoms with Gasteiger partial charge in [-0.1, -0.05) is 16.6 Å². The van der Waals surface area contributed by atoms with Gasteiger partial charge >= 0.3 is 6.09 Å². The van der Waals surface area contributed by atoms with Gasteiger partial charge in [0.1, 0.15) is 18.8 Å². The summed E-state index contributed by atoms with van der Waals surface area (Å²) in [7, 11) is 1.48. The number of hydrogen-bond donors (Lipinski definition) is 2. The van der Waals surface area contributed by atoms with Crippen LogP contribution in [-0.4, -0.2) is 62.5 Å². The number of benzene rings is 1. The normalized spacial score (nSPS) is 24.6. The summed E-state index contributed by atoms with van der Waals surface area (Å²) in [6.07, 6.45) is -1.17. The molecule has 4 atom stereocenters. The summed E-state index contributed by atoms with van der Waals surface area (Å²) < 4.78 is 24.2. The van der Waals surface area contributed by atoms with Crippen LogP contribution in [0.4, 0.5) is 15.0 Å². The first kappa shape index (κ1) is 21.8. The average Bonchev–Trinajstić information content (AvgIpc) is 3.31. The predicted octanol–water partition coefficient (Wildman–Crippen LogP) is 1.14. The van der Waals surface area contributed by atoms with Crippen molar-refractivity contribution in [3.63, 3.8) is 0 Å². The van der Waals surface area contributed by atoms with Gasteiger partial charge in [-0.25, -0.2) is 4.79 Å². The largest absolute Gasteiger partial charge is 0.441 e. The number of nitrogens with two attached hydrogens (primary N) is 1. The molecule has 1 aromatic rings. The van der Waals surface area contributed by atoms with E-state index in [1.807, 2.05) is 12.1 Å². The van der Waals surface area contributed by atoms with E-state index in [4.69, 9.17) is 15.2 Å². The average molecular weight is 422 g/mol. The number of halogens is 1. The lowest BCUT2D eigenvalue weighted by atomic mass is 9.92. The van der Waals surface area contributed by atoms with Crippen molar-refractivity contribution in [2.75, 3.05) is 38.3 Å². The van der Waals surface area contributed by atoms with Crippen molar-refractivity contribution < 1.29 is 28.3 Å². The molecule has 0 saturated carbocycles. The molecule has 2 saturated heterocycles. The Balaban J connectivity index is 1.64. The van der Waals surface area contributed by atoms with Gasteiger partial charge in [0.15, 0.2) is 0 Å². The van der Waals surface area contributed by atoms with E-state index in [1.54, 1.807) is 12.1 Å². The van der Waals surface area contributed by atoms with Crippen molar-refractivity contribution in [1.82, 2.24) is 10.4 Å². The van der Waals surface area contributed by atoms with Crippen molar-refractivity contribution in [2.24, 2.45) is 17.6 Å². The second-order valence-electron chi connectivity index (χ2n) is 7.72. The number of anilines is 1. The highest BCUT2D eigenvalue weighted by Gasteiger charge is 2.47. The molecule has 2 heterocycles. The van der Waals surface area contributed by atoms with Crippen LogP contribution in [0, 0.1) is 11.8 Å². The molecule has 3 N–H and O–H groups in total. The van der Waals surface area contributed by atoms with E-state index >= 15 is 0 Å². The van der Waals surface area contributed by atoms with Gasteiger partial charge in [-0.3, -0.25) is 9.59 Å². The molecule has 0 radical (unpaired) electrons. The topological polar surface area (TPSA) is 114 Å². The molecule has 9 nitrogen and oxygen atoms in total. The SMILES string of the molecule is COCC(=O)NCC1CCN(c2ccc(C3C(C(C)C(N)=O)OC(=O)N3F)cc2)C1. The number of carbonyl (C=O) groups excluding carboxylic acids is 3. The molecule has 30 heavy (non-hydrogen) atoms. The number of amides is 3. The Morgan fingerprint density at radius 1 is 1.37 bits per heavy atom. The first-order valence-electron chi connectivity index (χ1n) is 9.87. The predicted molar refractivity (Wildman–Crippen MR) is 106 cm³/mol.